The van der Waals surface area contributed by atoms with E-state index < -0.39 is 0 Å². The maximum absolute atomic E-state index is 11.4. The molecule has 6 heteroatoms. The second-order valence-corrected chi connectivity index (χ2v) is 4.28. The molecule has 2 rings (SSSR count). The number of rotatable bonds is 4. The van der Waals surface area contributed by atoms with Gasteiger partial charge in [0.1, 0.15) is 13.2 Å². The summed E-state index contributed by atoms with van der Waals surface area (Å²) in [5, 5.41) is 11.5. The number of carbonyl (C=O) groups excluding carboxylic acids is 1. The molecule has 1 aromatic carbocycles. The lowest BCUT2D eigenvalue weighted by Gasteiger charge is -2.19. The molecule has 19 heavy (non-hydrogen) atoms. The Hall–Kier alpha value is -1.72. The summed E-state index contributed by atoms with van der Waals surface area (Å²) in [6.07, 6.45) is 2.99. The van der Waals surface area contributed by atoms with Crippen molar-refractivity contribution < 1.29 is 19.4 Å². The minimum Gasteiger partial charge on any atom is -0.486 e. The highest BCUT2D eigenvalue weighted by atomic mass is 35.5. The van der Waals surface area contributed by atoms with Gasteiger partial charge in [-0.2, -0.15) is 0 Å². The van der Waals surface area contributed by atoms with Gasteiger partial charge < -0.3 is 19.9 Å². The summed E-state index contributed by atoms with van der Waals surface area (Å²) >= 11 is 6.07. The quantitative estimate of drug-likeness (QED) is 0.816. The number of benzene rings is 1. The number of nitrogens with one attached hydrogen (secondary N) is 1. The van der Waals surface area contributed by atoms with E-state index in [1.807, 2.05) is 0 Å². The molecule has 1 aliphatic heterocycles. The van der Waals surface area contributed by atoms with E-state index in [1.165, 1.54) is 6.08 Å². The van der Waals surface area contributed by atoms with Crippen molar-refractivity contribution in [3.05, 3.63) is 28.8 Å². The van der Waals surface area contributed by atoms with Crippen LogP contribution in [0, 0.1) is 0 Å². The molecular weight excluding hydrogens is 270 g/mol. The largest absolute Gasteiger partial charge is 0.486 e. The second kappa shape index (κ2) is 6.45. The molecule has 102 valence electrons. The van der Waals surface area contributed by atoms with Gasteiger partial charge in [0.05, 0.1) is 11.6 Å². The summed E-state index contributed by atoms with van der Waals surface area (Å²) in [6, 6.07) is 3.46. The van der Waals surface area contributed by atoms with Crippen LogP contribution in [0.3, 0.4) is 0 Å². The fraction of sp³-hybridized carbons (Fsp3) is 0.308. The van der Waals surface area contributed by atoms with E-state index in [0.717, 1.165) is 5.56 Å². The average molecular weight is 284 g/mol. The summed E-state index contributed by atoms with van der Waals surface area (Å²) in [5.74, 6) is 0.837. The fourth-order valence-corrected chi connectivity index (χ4v) is 1.91. The Morgan fingerprint density at radius 1 is 1.42 bits per heavy atom. The van der Waals surface area contributed by atoms with E-state index in [0.29, 0.717) is 29.7 Å². The lowest BCUT2D eigenvalue weighted by Crippen LogP contribution is -2.24. The monoisotopic (exact) mass is 283 g/mol. The lowest BCUT2D eigenvalue weighted by molar-refractivity contribution is -0.116. The van der Waals surface area contributed by atoms with Crippen LogP contribution in [0.25, 0.3) is 6.08 Å². The molecule has 0 aromatic heterocycles. The number of hydrogen-bond donors (Lipinski definition) is 2. The Bertz CT molecular complexity index is 502. The van der Waals surface area contributed by atoms with Gasteiger partial charge in [-0.1, -0.05) is 11.6 Å². The van der Waals surface area contributed by atoms with Gasteiger partial charge >= 0.3 is 0 Å². The normalized spacial score (nSPS) is 13.6. The van der Waals surface area contributed by atoms with Crippen molar-refractivity contribution in [1.29, 1.82) is 0 Å². The molecule has 0 unspecified atom stereocenters. The zero-order valence-electron chi connectivity index (χ0n) is 10.2. The Morgan fingerprint density at radius 2 is 2.21 bits per heavy atom. The van der Waals surface area contributed by atoms with E-state index in [-0.39, 0.29) is 19.1 Å². The molecule has 0 aliphatic carbocycles. The minimum atomic E-state index is -0.278. The predicted molar refractivity (Wildman–Crippen MR) is 71.6 cm³/mol. The predicted octanol–water partition coefficient (Wildman–Crippen LogP) is 1.23. The van der Waals surface area contributed by atoms with Gasteiger partial charge in [0.2, 0.25) is 5.91 Å². The minimum absolute atomic E-state index is 0.0879. The first kappa shape index (κ1) is 13.7. The third-order valence-corrected chi connectivity index (χ3v) is 2.74. The van der Waals surface area contributed by atoms with Crippen LogP contribution in [-0.2, 0) is 4.79 Å². The van der Waals surface area contributed by atoms with Gasteiger partial charge in [-0.05, 0) is 23.8 Å². The fourth-order valence-electron chi connectivity index (χ4n) is 1.64. The highest BCUT2D eigenvalue weighted by molar-refractivity contribution is 6.32. The standard InChI is InChI=1S/C13H14ClNO4/c14-10-7-9(1-2-12(17)15-3-4-16)8-11-13(10)19-6-5-18-11/h1-2,7-8,16H,3-6H2,(H,15,17)/b2-1+. The molecule has 0 radical (unpaired) electrons. The first-order valence-electron chi connectivity index (χ1n) is 5.86. The number of fused-ring (bicyclic) bond motifs is 1. The molecule has 1 amide bonds. The molecule has 0 fully saturated rings. The van der Waals surface area contributed by atoms with Crippen LogP contribution in [-0.4, -0.2) is 37.4 Å². The Balaban J connectivity index is 2.11. The third-order valence-electron chi connectivity index (χ3n) is 2.46. The van der Waals surface area contributed by atoms with Crippen molar-refractivity contribution in [2.45, 2.75) is 0 Å². The van der Waals surface area contributed by atoms with Crippen LogP contribution in [0.15, 0.2) is 18.2 Å². The molecule has 5 nitrogen and oxygen atoms in total. The van der Waals surface area contributed by atoms with Crippen molar-refractivity contribution in [2.24, 2.45) is 0 Å². The summed E-state index contributed by atoms with van der Waals surface area (Å²) in [5.41, 5.74) is 0.744. The highest BCUT2D eigenvalue weighted by Crippen LogP contribution is 2.38. The van der Waals surface area contributed by atoms with E-state index in [2.05, 4.69) is 5.32 Å². The molecule has 1 heterocycles. The summed E-state index contributed by atoms with van der Waals surface area (Å²) in [7, 11) is 0. The Morgan fingerprint density at radius 3 is 3.00 bits per heavy atom. The lowest BCUT2D eigenvalue weighted by atomic mass is 10.1. The first-order valence-corrected chi connectivity index (χ1v) is 6.24. The van der Waals surface area contributed by atoms with Crippen LogP contribution in [0.4, 0.5) is 0 Å². The van der Waals surface area contributed by atoms with E-state index in [4.69, 9.17) is 26.2 Å². The van der Waals surface area contributed by atoms with E-state index >= 15 is 0 Å². The van der Waals surface area contributed by atoms with Gasteiger partial charge in [-0.25, -0.2) is 0 Å². The summed E-state index contributed by atoms with van der Waals surface area (Å²) < 4.78 is 10.8. The second-order valence-electron chi connectivity index (χ2n) is 3.87. The third kappa shape index (κ3) is 3.62. The molecule has 0 saturated heterocycles. The average Bonchev–Trinajstić information content (AvgIpc) is 2.43. The molecular formula is C13H14ClNO4. The van der Waals surface area contributed by atoms with Crippen LogP contribution in [0.5, 0.6) is 11.5 Å². The van der Waals surface area contributed by atoms with Gasteiger partial charge in [-0.3, -0.25) is 4.79 Å². The number of ether oxygens (including phenoxy) is 2. The van der Waals surface area contributed by atoms with Crippen LogP contribution in [0.1, 0.15) is 5.56 Å². The zero-order chi connectivity index (χ0) is 13.7. The smallest absolute Gasteiger partial charge is 0.244 e. The number of amides is 1. The van der Waals surface area contributed by atoms with Gasteiger partial charge in [0.25, 0.3) is 0 Å². The highest BCUT2D eigenvalue weighted by Gasteiger charge is 2.15. The molecule has 1 aromatic rings. The number of halogens is 1. The van der Waals surface area contributed by atoms with Crippen molar-refractivity contribution in [1.82, 2.24) is 5.32 Å². The SMILES string of the molecule is O=C(/C=C/c1cc(Cl)c2c(c1)OCCO2)NCCO. The summed E-state index contributed by atoms with van der Waals surface area (Å²) in [4.78, 5) is 11.4. The molecule has 0 atom stereocenters. The Labute approximate surface area is 115 Å². The van der Waals surface area contributed by atoms with Crippen LogP contribution >= 0.6 is 11.6 Å². The van der Waals surface area contributed by atoms with Crippen molar-refractivity contribution in [3.63, 3.8) is 0 Å². The maximum atomic E-state index is 11.4. The number of aliphatic hydroxyl groups is 1. The molecule has 2 N–H and O–H groups in total. The number of carbonyl (C=O) groups is 1. The van der Waals surface area contributed by atoms with Gasteiger partial charge in [0, 0.05) is 12.6 Å². The molecule has 0 bridgehead atoms. The topological polar surface area (TPSA) is 67.8 Å². The van der Waals surface area contributed by atoms with Gasteiger partial charge in [-0.15, -0.1) is 0 Å². The van der Waals surface area contributed by atoms with Crippen LogP contribution in [0.2, 0.25) is 5.02 Å². The maximum Gasteiger partial charge on any atom is 0.244 e. The summed E-state index contributed by atoms with van der Waals surface area (Å²) in [6.45, 7) is 1.10. The van der Waals surface area contributed by atoms with E-state index in [9.17, 15) is 4.79 Å². The van der Waals surface area contributed by atoms with Gasteiger partial charge in [0.15, 0.2) is 11.5 Å². The molecule has 0 spiro atoms. The Kier molecular flexibility index (Phi) is 4.65. The van der Waals surface area contributed by atoms with Crippen molar-refractivity contribution in [3.8, 4) is 11.5 Å². The number of aliphatic hydroxyl groups excluding tert-OH is 1. The van der Waals surface area contributed by atoms with Crippen LogP contribution < -0.4 is 14.8 Å². The molecule has 0 saturated carbocycles. The number of hydrogen-bond acceptors (Lipinski definition) is 4. The van der Waals surface area contributed by atoms with Crippen molar-refractivity contribution in [2.75, 3.05) is 26.4 Å². The zero-order valence-corrected chi connectivity index (χ0v) is 10.9. The molecule has 1 aliphatic rings. The van der Waals surface area contributed by atoms with E-state index in [1.54, 1.807) is 18.2 Å². The first-order chi connectivity index (χ1) is 9.20. The van der Waals surface area contributed by atoms with Crippen molar-refractivity contribution >= 4 is 23.6 Å².